The topological polar surface area (TPSA) is 78.2 Å². The number of aryl methyl sites for hydroxylation is 1. The van der Waals surface area contributed by atoms with Gasteiger partial charge in [0, 0.05) is 22.0 Å². The van der Waals surface area contributed by atoms with Gasteiger partial charge >= 0.3 is 12.1 Å². The molecule has 4 nitrogen and oxygen atoms in total. The summed E-state index contributed by atoms with van der Waals surface area (Å²) in [6, 6.07) is 7.72. The third-order valence-electron chi connectivity index (χ3n) is 4.23. The van der Waals surface area contributed by atoms with Gasteiger partial charge in [0.05, 0.1) is 11.6 Å². The molecule has 2 aromatic rings. The van der Waals surface area contributed by atoms with Crippen molar-refractivity contribution in [1.29, 1.82) is 5.26 Å². The van der Waals surface area contributed by atoms with E-state index in [-0.39, 0.29) is 26.7 Å². The van der Waals surface area contributed by atoms with Crippen LogP contribution in [0.4, 0.5) is 13.2 Å². The molecule has 0 aliphatic carbocycles. The van der Waals surface area contributed by atoms with Crippen molar-refractivity contribution >= 4 is 35.0 Å². The molecule has 0 radical (unpaired) electrons. The highest BCUT2D eigenvalue weighted by Gasteiger charge is 2.58. The first-order valence-corrected chi connectivity index (χ1v) is 8.48. The van der Waals surface area contributed by atoms with Gasteiger partial charge in [-0.25, -0.2) is 4.79 Å². The number of nitriles is 1. The van der Waals surface area contributed by atoms with Crippen LogP contribution in [-0.2, 0) is 5.41 Å². The highest BCUT2D eigenvalue weighted by atomic mass is 35.5. The molecular weight excluding hydrogens is 418 g/mol. The summed E-state index contributed by atoms with van der Waals surface area (Å²) in [6.07, 6.45) is -6.31. The molecule has 1 atom stereocenters. The number of carboxylic acids is 1. The fourth-order valence-corrected chi connectivity index (χ4v) is 3.28. The zero-order chi connectivity index (χ0) is 21.3. The maximum Gasteiger partial charge on any atom is 0.411 e. The Bertz CT molecular complexity index is 979. The van der Waals surface area contributed by atoms with Gasteiger partial charge in [-0.3, -0.25) is 4.79 Å². The molecule has 0 spiro atoms. The molecule has 2 rings (SSSR count). The van der Waals surface area contributed by atoms with Crippen LogP contribution in [-0.4, -0.2) is 23.0 Å². The SMILES string of the molecule is Cc1cc(C(=O)C[C@](C#N)(c2cc(Cl)cc(Cl)c2)C(F)(F)F)ccc1C(=O)O. The lowest BCUT2D eigenvalue weighted by atomic mass is 9.76. The zero-order valence-electron chi connectivity index (χ0n) is 14.3. The summed E-state index contributed by atoms with van der Waals surface area (Å²) in [5, 5.41) is 18.2. The van der Waals surface area contributed by atoms with Crippen LogP contribution in [0.15, 0.2) is 36.4 Å². The number of halogens is 5. The Balaban J connectivity index is 2.55. The van der Waals surface area contributed by atoms with E-state index in [1.165, 1.54) is 25.1 Å². The van der Waals surface area contributed by atoms with Gasteiger partial charge in [0.2, 0.25) is 0 Å². The van der Waals surface area contributed by atoms with E-state index >= 15 is 0 Å². The summed E-state index contributed by atoms with van der Waals surface area (Å²) in [5.41, 5.74) is -3.73. The number of carbonyl (C=O) groups is 2. The van der Waals surface area contributed by atoms with Gasteiger partial charge in [-0.1, -0.05) is 29.3 Å². The molecule has 0 aromatic heterocycles. The average Bonchev–Trinajstić information content (AvgIpc) is 2.56. The number of hydrogen-bond donors (Lipinski definition) is 1. The van der Waals surface area contributed by atoms with Crippen molar-refractivity contribution in [3.8, 4) is 6.07 Å². The van der Waals surface area contributed by atoms with E-state index in [1.807, 2.05) is 0 Å². The zero-order valence-corrected chi connectivity index (χ0v) is 15.8. The number of Topliss-reactive ketones (excluding diaryl/α,β-unsaturated/α-hetero) is 1. The molecular formula is C19H12Cl2F3NO3. The Morgan fingerprint density at radius 2 is 1.68 bits per heavy atom. The maximum absolute atomic E-state index is 13.9. The molecule has 9 heteroatoms. The number of carbonyl (C=O) groups excluding carboxylic acids is 1. The fraction of sp³-hybridized carbons (Fsp3) is 0.211. The molecule has 0 unspecified atom stereocenters. The van der Waals surface area contributed by atoms with Crippen LogP contribution in [0, 0.1) is 18.3 Å². The highest BCUT2D eigenvalue weighted by Crippen LogP contribution is 2.45. The van der Waals surface area contributed by atoms with Crippen molar-refractivity contribution in [1.82, 2.24) is 0 Å². The monoisotopic (exact) mass is 429 g/mol. The van der Waals surface area contributed by atoms with Crippen molar-refractivity contribution in [2.24, 2.45) is 0 Å². The fourth-order valence-electron chi connectivity index (χ4n) is 2.75. The average molecular weight is 430 g/mol. The smallest absolute Gasteiger partial charge is 0.411 e. The molecule has 146 valence electrons. The minimum Gasteiger partial charge on any atom is -0.478 e. The van der Waals surface area contributed by atoms with E-state index in [2.05, 4.69) is 0 Å². The molecule has 0 amide bonds. The number of carboxylic acid groups (broad SMARTS) is 1. The molecule has 0 heterocycles. The molecule has 0 bridgehead atoms. The maximum atomic E-state index is 13.9. The van der Waals surface area contributed by atoms with E-state index in [0.29, 0.717) is 0 Å². The third-order valence-corrected chi connectivity index (χ3v) is 4.67. The molecule has 0 saturated carbocycles. The molecule has 0 saturated heterocycles. The number of aromatic carboxylic acids is 1. The van der Waals surface area contributed by atoms with E-state index in [9.17, 15) is 28.0 Å². The van der Waals surface area contributed by atoms with Gasteiger partial charge in [-0.15, -0.1) is 0 Å². The number of nitrogens with zero attached hydrogens (tertiary/aromatic N) is 1. The second kappa shape index (κ2) is 7.82. The van der Waals surface area contributed by atoms with Crippen molar-refractivity contribution in [2.45, 2.75) is 24.9 Å². The lowest BCUT2D eigenvalue weighted by molar-refractivity contribution is -0.172. The van der Waals surface area contributed by atoms with Crippen LogP contribution in [0.5, 0.6) is 0 Å². The van der Waals surface area contributed by atoms with Crippen LogP contribution in [0.1, 0.15) is 38.3 Å². The van der Waals surface area contributed by atoms with Crippen LogP contribution in [0.25, 0.3) is 0 Å². The van der Waals surface area contributed by atoms with Crippen LogP contribution in [0.3, 0.4) is 0 Å². The van der Waals surface area contributed by atoms with Crippen LogP contribution < -0.4 is 0 Å². The summed E-state index contributed by atoms with van der Waals surface area (Å²) in [7, 11) is 0. The predicted octanol–water partition coefficient (Wildman–Crippen LogP) is 5.60. The summed E-state index contributed by atoms with van der Waals surface area (Å²) in [5.74, 6) is -2.21. The number of hydrogen-bond acceptors (Lipinski definition) is 3. The first-order valence-electron chi connectivity index (χ1n) is 7.73. The molecule has 0 aliphatic heterocycles. The highest BCUT2D eigenvalue weighted by molar-refractivity contribution is 6.34. The number of ketones is 1. The Labute approximate surface area is 168 Å². The molecule has 28 heavy (non-hydrogen) atoms. The van der Waals surface area contributed by atoms with Crippen molar-refractivity contribution in [2.75, 3.05) is 0 Å². The molecule has 2 aromatic carbocycles. The Morgan fingerprint density at radius 1 is 1.11 bits per heavy atom. The number of alkyl halides is 3. The second-order valence-electron chi connectivity index (χ2n) is 6.11. The Hall–Kier alpha value is -2.56. The van der Waals surface area contributed by atoms with E-state index < -0.39 is 35.3 Å². The summed E-state index contributed by atoms with van der Waals surface area (Å²) in [6.45, 7) is 1.41. The summed E-state index contributed by atoms with van der Waals surface area (Å²) >= 11 is 11.6. The lowest BCUT2D eigenvalue weighted by Crippen LogP contribution is -2.43. The number of benzene rings is 2. The number of rotatable bonds is 5. The first-order chi connectivity index (χ1) is 12.9. The first kappa shape index (κ1) is 21.7. The molecule has 0 aliphatic rings. The van der Waals surface area contributed by atoms with Gasteiger partial charge in [0.1, 0.15) is 0 Å². The van der Waals surface area contributed by atoms with E-state index in [4.69, 9.17) is 28.3 Å². The largest absolute Gasteiger partial charge is 0.478 e. The van der Waals surface area contributed by atoms with Crippen LogP contribution >= 0.6 is 23.2 Å². The van der Waals surface area contributed by atoms with E-state index in [0.717, 1.165) is 24.3 Å². The van der Waals surface area contributed by atoms with Gasteiger partial charge in [-0.05, 0) is 48.4 Å². The standard InChI is InChI=1S/C19H12Cl2F3NO3/c1-10-4-11(2-3-15(10)17(27)28)16(26)8-18(9-25,19(22,23)24)12-5-13(20)7-14(21)6-12/h2-7H,8H2,1H3,(H,27,28)/t18-/m0/s1. The van der Waals surface area contributed by atoms with E-state index in [1.54, 1.807) is 0 Å². The normalized spacial score (nSPS) is 13.5. The lowest BCUT2D eigenvalue weighted by Gasteiger charge is -2.29. The van der Waals surface area contributed by atoms with Crippen molar-refractivity contribution in [3.05, 3.63) is 68.7 Å². The van der Waals surface area contributed by atoms with Gasteiger partial charge in [0.15, 0.2) is 11.2 Å². The summed E-state index contributed by atoms with van der Waals surface area (Å²) < 4.78 is 41.7. The quantitative estimate of drug-likeness (QED) is 0.627. The Morgan fingerprint density at radius 3 is 2.11 bits per heavy atom. The van der Waals surface area contributed by atoms with Gasteiger partial charge < -0.3 is 5.11 Å². The van der Waals surface area contributed by atoms with Crippen molar-refractivity contribution in [3.63, 3.8) is 0 Å². The van der Waals surface area contributed by atoms with Gasteiger partial charge in [-0.2, -0.15) is 18.4 Å². The third kappa shape index (κ3) is 4.13. The Kier molecular flexibility index (Phi) is 6.07. The molecule has 1 N–H and O–H groups in total. The minimum absolute atomic E-state index is 0.0828. The predicted molar refractivity (Wildman–Crippen MR) is 96.9 cm³/mol. The van der Waals surface area contributed by atoms with Crippen LogP contribution in [0.2, 0.25) is 10.0 Å². The van der Waals surface area contributed by atoms with Gasteiger partial charge in [0.25, 0.3) is 0 Å². The second-order valence-corrected chi connectivity index (χ2v) is 6.98. The minimum atomic E-state index is -5.10. The van der Waals surface area contributed by atoms with Crippen molar-refractivity contribution < 1.29 is 27.9 Å². The molecule has 0 fully saturated rings. The summed E-state index contributed by atoms with van der Waals surface area (Å²) in [4.78, 5) is 23.6.